The van der Waals surface area contributed by atoms with Crippen LogP contribution in [0.25, 0.3) is 0 Å². The third-order valence-electron chi connectivity index (χ3n) is 3.68. The van der Waals surface area contributed by atoms with Gasteiger partial charge in [0.15, 0.2) is 0 Å². The van der Waals surface area contributed by atoms with Crippen molar-refractivity contribution in [3.63, 3.8) is 0 Å². The van der Waals surface area contributed by atoms with Crippen LogP contribution in [0.3, 0.4) is 0 Å². The third kappa shape index (κ3) is 7.77. The molecule has 0 radical (unpaired) electrons. The summed E-state index contributed by atoms with van der Waals surface area (Å²) in [4.78, 5) is 0. The summed E-state index contributed by atoms with van der Waals surface area (Å²) in [6.07, 6.45) is 6.39. The lowest BCUT2D eigenvalue weighted by Crippen LogP contribution is -2.38. The van der Waals surface area contributed by atoms with E-state index in [0.717, 1.165) is 19.8 Å². The van der Waals surface area contributed by atoms with Crippen LogP contribution in [-0.2, 0) is 4.74 Å². The van der Waals surface area contributed by atoms with Gasteiger partial charge in [-0.05, 0) is 31.6 Å². The number of rotatable bonds is 11. The fraction of sp³-hybridized carbons (Fsp3) is 1.00. The maximum atomic E-state index is 5.55. The predicted molar refractivity (Wildman–Crippen MR) is 76.5 cm³/mol. The quantitative estimate of drug-likeness (QED) is 0.554. The third-order valence-corrected chi connectivity index (χ3v) is 3.68. The summed E-state index contributed by atoms with van der Waals surface area (Å²) < 4.78 is 5.55. The molecule has 0 saturated heterocycles. The Labute approximate surface area is 109 Å². The molecule has 0 aliphatic rings. The van der Waals surface area contributed by atoms with Crippen LogP contribution in [0.5, 0.6) is 0 Å². The van der Waals surface area contributed by atoms with Crippen LogP contribution in [0.4, 0.5) is 0 Å². The molecule has 0 fully saturated rings. The van der Waals surface area contributed by atoms with E-state index >= 15 is 0 Å². The van der Waals surface area contributed by atoms with Gasteiger partial charge < -0.3 is 10.1 Å². The molecule has 104 valence electrons. The fourth-order valence-corrected chi connectivity index (χ4v) is 2.19. The molecule has 1 unspecified atom stereocenters. The average Bonchev–Trinajstić information content (AvgIpc) is 2.32. The number of hydrogen-bond acceptors (Lipinski definition) is 2. The summed E-state index contributed by atoms with van der Waals surface area (Å²) in [6.45, 7) is 14.0. The molecule has 2 heteroatoms. The van der Waals surface area contributed by atoms with Gasteiger partial charge in [0.2, 0.25) is 0 Å². The minimum atomic E-state index is 0.440. The van der Waals surface area contributed by atoms with Crippen LogP contribution in [0.1, 0.15) is 66.7 Å². The number of unbranched alkanes of at least 4 members (excludes halogenated alkanes) is 1. The highest BCUT2D eigenvalue weighted by Crippen LogP contribution is 2.32. The van der Waals surface area contributed by atoms with Crippen LogP contribution in [0, 0.1) is 5.41 Å². The molecule has 0 aromatic rings. The standard InChI is InChI=1S/C15H33NO/c1-6-9-10-15(7-2,11-12-17-8-3)13-16-14(4)5/h14,16H,6-13H2,1-5H3. The molecule has 0 rings (SSSR count). The molecular weight excluding hydrogens is 210 g/mol. The van der Waals surface area contributed by atoms with Crippen molar-refractivity contribution in [2.45, 2.75) is 72.8 Å². The molecule has 0 saturated carbocycles. The van der Waals surface area contributed by atoms with Crippen molar-refractivity contribution in [3.05, 3.63) is 0 Å². The Morgan fingerprint density at radius 2 is 1.82 bits per heavy atom. The van der Waals surface area contributed by atoms with Gasteiger partial charge in [-0.15, -0.1) is 0 Å². The Balaban J connectivity index is 4.27. The molecule has 0 amide bonds. The SMILES string of the molecule is CCCCC(CC)(CCOCC)CNC(C)C. The summed E-state index contributed by atoms with van der Waals surface area (Å²) in [7, 11) is 0. The molecule has 1 N–H and O–H groups in total. The zero-order valence-corrected chi connectivity index (χ0v) is 12.6. The van der Waals surface area contributed by atoms with Gasteiger partial charge >= 0.3 is 0 Å². The Morgan fingerprint density at radius 1 is 1.12 bits per heavy atom. The van der Waals surface area contributed by atoms with Gasteiger partial charge in [0.1, 0.15) is 0 Å². The van der Waals surface area contributed by atoms with Gasteiger partial charge in [-0.2, -0.15) is 0 Å². The Kier molecular flexibility index (Phi) is 9.85. The largest absolute Gasteiger partial charge is 0.382 e. The van der Waals surface area contributed by atoms with E-state index in [1.165, 1.54) is 32.1 Å². The molecular formula is C15H33NO. The molecule has 0 aromatic carbocycles. The first kappa shape index (κ1) is 16.9. The second kappa shape index (κ2) is 9.90. The van der Waals surface area contributed by atoms with Crippen molar-refractivity contribution in [1.29, 1.82) is 0 Å². The average molecular weight is 243 g/mol. The van der Waals surface area contributed by atoms with Gasteiger partial charge in [-0.25, -0.2) is 0 Å². The molecule has 0 aromatic heterocycles. The van der Waals surface area contributed by atoms with Crippen molar-refractivity contribution in [3.8, 4) is 0 Å². The first-order chi connectivity index (χ1) is 8.10. The highest BCUT2D eigenvalue weighted by atomic mass is 16.5. The van der Waals surface area contributed by atoms with Gasteiger partial charge in [-0.1, -0.05) is 40.5 Å². The van der Waals surface area contributed by atoms with Crippen molar-refractivity contribution in [2.75, 3.05) is 19.8 Å². The van der Waals surface area contributed by atoms with E-state index in [0.29, 0.717) is 11.5 Å². The number of nitrogens with one attached hydrogen (secondary N) is 1. The van der Waals surface area contributed by atoms with Crippen LogP contribution < -0.4 is 5.32 Å². The minimum Gasteiger partial charge on any atom is -0.382 e. The van der Waals surface area contributed by atoms with E-state index in [1.54, 1.807) is 0 Å². The molecule has 17 heavy (non-hydrogen) atoms. The summed E-state index contributed by atoms with van der Waals surface area (Å²) in [5, 5.41) is 3.62. The number of ether oxygens (including phenoxy) is 1. The molecule has 0 heterocycles. The number of hydrogen-bond donors (Lipinski definition) is 1. The first-order valence-corrected chi connectivity index (χ1v) is 7.41. The second-order valence-corrected chi connectivity index (χ2v) is 5.44. The van der Waals surface area contributed by atoms with E-state index in [2.05, 4.69) is 39.9 Å². The first-order valence-electron chi connectivity index (χ1n) is 7.41. The Bertz CT molecular complexity index is 170. The summed E-state index contributed by atoms with van der Waals surface area (Å²) in [5.74, 6) is 0. The summed E-state index contributed by atoms with van der Waals surface area (Å²) >= 11 is 0. The van der Waals surface area contributed by atoms with Gasteiger partial charge in [0.05, 0.1) is 0 Å². The van der Waals surface area contributed by atoms with Crippen molar-refractivity contribution in [1.82, 2.24) is 5.32 Å². The lowest BCUT2D eigenvalue weighted by Gasteiger charge is -2.34. The van der Waals surface area contributed by atoms with E-state index in [-0.39, 0.29) is 0 Å². The molecule has 0 spiro atoms. The van der Waals surface area contributed by atoms with Crippen molar-refractivity contribution in [2.24, 2.45) is 5.41 Å². The topological polar surface area (TPSA) is 21.3 Å². The molecule has 0 aliphatic heterocycles. The van der Waals surface area contributed by atoms with Gasteiger partial charge in [0, 0.05) is 25.8 Å². The molecule has 0 aliphatic carbocycles. The summed E-state index contributed by atoms with van der Waals surface area (Å²) in [5.41, 5.74) is 0.440. The van der Waals surface area contributed by atoms with E-state index in [9.17, 15) is 0 Å². The van der Waals surface area contributed by atoms with E-state index < -0.39 is 0 Å². The van der Waals surface area contributed by atoms with E-state index in [4.69, 9.17) is 4.74 Å². The molecule has 2 nitrogen and oxygen atoms in total. The Hall–Kier alpha value is -0.0800. The van der Waals surface area contributed by atoms with Gasteiger partial charge in [0.25, 0.3) is 0 Å². The van der Waals surface area contributed by atoms with Crippen molar-refractivity contribution < 1.29 is 4.74 Å². The summed E-state index contributed by atoms with van der Waals surface area (Å²) in [6, 6.07) is 0.578. The zero-order valence-electron chi connectivity index (χ0n) is 12.6. The molecule has 1 atom stereocenters. The minimum absolute atomic E-state index is 0.440. The fourth-order valence-electron chi connectivity index (χ4n) is 2.19. The van der Waals surface area contributed by atoms with Crippen LogP contribution in [0.2, 0.25) is 0 Å². The van der Waals surface area contributed by atoms with E-state index in [1.807, 2.05) is 0 Å². The zero-order chi connectivity index (χ0) is 13.1. The van der Waals surface area contributed by atoms with Crippen LogP contribution in [-0.4, -0.2) is 25.8 Å². The normalized spacial score (nSPS) is 15.2. The monoisotopic (exact) mass is 243 g/mol. The Morgan fingerprint density at radius 3 is 2.29 bits per heavy atom. The smallest absolute Gasteiger partial charge is 0.0471 e. The highest BCUT2D eigenvalue weighted by molar-refractivity contribution is 4.81. The van der Waals surface area contributed by atoms with Crippen molar-refractivity contribution >= 4 is 0 Å². The predicted octanol–water partition coefficient (Wildman–Crippen LogP) is 4.00. The second-order valence-electron chi connectivity index (χ2n) is 5.44. The highest BCUT2D eigenvalue weighted by Gasteiger charge is 2.27. The lowest BCUT2D eigenvalue weighted by atomic mass is 9.77. The molecule has 0 bridgehead atoms. The van der Waals surface area contributed by atoms with Gasteiger partial charge in [-0.3, -0.25) is 0 Å². The maximum Gasteiger partial charge on any atom is 0.0471 e. The van der Waals surface area contributed by atoms with Crippen LogP contribution in [0.15, 0.2) is 0 Å². The maximum absolute atomic E-state index is 5.55. The van der Waals surface area contributed by atoms with Crippen LogP contribution >= 0.6 is 0 Å². The lowest BCUT2D eigenvalue weighted by molar-refractivity contribution is 0.0915.